The van der Waals surface area contributed by atoms with Gasteiger partial charge in [0.05, 0.1) is 5.02 Å². The number of aliphatic hydroxyl groups is 1. The van der Waals surface area contributed by atoms with Crippen LogP contribution in [0.15, 0.2) is 34.8 Å². The molecule has 0 aromatic heterocycles. The molecule has 1 unspecified atom stereocenters. The summed E-state index contributed by atoms with van der Waals surface area (Å²) in [5.74, 6) is -0.594. The van der Waals surface area contributed by atoms with Gasteiger partial charge in [0.1, 0.15) is 11.9 Å². The summed E-state index contributed by atoms with van der Waals surface area (Å²) in [6.07, 6.45) is -1.02. The molecule has 0 saturated heterocycles. The van der Waals surface area contributed by atoms with Gasteiger partial charge in [-0.3, -0.25) is 0 Å². The van der Waals surface area contributed by atoms with Gasteiger partial charge in [-0.25, -0.2) is 4.39 Å². The second kappa shape index (κ2) is 5.61. The average molecular weight is 344 g/mol. The zero-order valence-electron chi connectivity index (χ0n) is 10.5. The van der Waals surface area contributed by atoms with Gasteiger partial charge in [-0.15, -0.1) is 0 Å². The van der Waals surface area contributed by atoms with Crippen molar-refractivity contribution in [2.24, 2.45) is 0 Å². The van der Waals surface area contributed by atoms with Crippen LogP contribution in [0.3, 0.4) is 0 Å². The largest absolute Gasteiger partial charge is 0.384 e. The van der Waals surface area contributed by atoms with Gasteiger partial charge in [0, 0.05) is 10.0 Å². The normalized spacial score (nSPS) is 12.5. The first-order valence-corrected chi connectivity index (χ1v) is 6.97. The summed E-state index contributed by atoms with van der Waals surface area (Å²) in [6, 6.07) is 8.83. The fourth-order valence-corrected chi connectivity index (χ4v) is 2.53. The van der Waals surface area contributed by atoms with E-state index in [9.17, 15) is 9.50 Å². The molecule has 0 fully saturated rings. The van der Waals surface area contributed by atoms with Crippen LogP contribution in [0, 0.1) is 19.7 Å². The van der Waals surface area contributed by atoms with E-state index >= 15 is 0 Å². The van der Waals surface area contributed by atoms with Crippen molar-refractivity contribution in [1.82, 2.24) is 0 Å². The second-order valence-electron chi connectivity index (χ2n) is 4.53. The topological polar surface area (TPSA) is 20.2 Å². The van der Waals surface area contributed by atoms with Crippen LogP contribution in [0.2, 0.25) is 5.02 Å². The molecule has 2 aromatic carbocycles. The summed E-state index contributed by atoms with van der Waals surface area (Å²) >= 11 is 9.00. The van der Waals surface area contributed by atoms with Crippen LogP contribution in [0.25, 0.3) is 0 Å². The Morgan fingerprint density at radius 2 is 1.79 bits per heavy atom. The van der Waals surface area contributed by atoms with Crippen molar-refractivity contribution in [3.8, 4) is 0 Å². The maximum Gasteiger partial charge on any atom is 0.149 e. The van der Waals surface area contributed by atoms with Gasteiger partial charge < -0.3 is 5.11 Å². The van der Waals surface area contributed by atoms with Crippen LogP contribution in [0.5, 0.6) is 0 Å². The van der Waals surface area contributed by atoms with Gasteiger partial charge in [-0.05, 0) is 47.0 Å². The molecule has 0 amide bonds. The molecule has 1 atom stereocenters. The molecular formula is C15H13BrClFO. The predicted molar refractivity (Wildman–Crippen MR) is 79.1 cm³/mol. The Bertz CT molecular complexity index is 628. The molecule has 1 nitrogen and oxygen atoms in total. The predicted octanol–water partition coefficient (Wildman–Crippen LogP) is 4.94. The summed E-state index contributed by atoms with van der Waals surface area (Å²) in [5.41, 5.74) is 2.89. The molecule has 0 spiro atoms. The molecule has 0 saturated carbocycles. The van der Waals surface area contributed by atoms with Crippen molar-refractivity contribution in [2.75, 3.05) is 0 Å². The van der Waals surface area contributed by atoms with Crippen LogP contribution >= 0.6 is 27.5 Å². The first kappa shape index (κ1) is 14.5. The quantitative estimate of drug-likeness (QED) is 0.766. The fourth-order valence-electron chi connectivity index (χ4n) is 2.05. The number of halogens is 3. The van der Waals surface area contributed by atoms with Gasteiger partial charge >= 0.3 is 0 Å². The Labute approximate surface area is 125 Å². The molecule has 0 radical (unpaired) electrons. The highest BCUT2D eigenvalue weighted by Crippen LogP contribution is 2.33. The third kappa shape index (κ3) is 2.83. The molecule has 0 aliphatic carbocycles. The van der Waals surface area contributed by atoms with Gasteiger partial charge in [0.2, 0.25) is 0 Å². The Kier molecular flexibility index (Phi) is 4.29. The lowest BCUT2D eigenvalue weighted by atomic mass is 9.96. The molecule has 0 aliphatic heterocycles. The number of rotatable bonds is 2. The van der Waals surface area contributed by atoms with E-state index in [-0.39, 0.29) is 10.6 Å². The molecule has 0 heterocycles. The van der Waals surface area contributed by atoms with Gasteiger partial charge in [-0.1, -0.05) is 41.4 Å². The summed E-state index contributed by atoms with van der Waals surface area (Å²) in [6.45, 7) is 3.87. The van der Waals surface area contributed by atoms with Crippen molar-refractivity contribution in [3.05, 3.63) is 67.9 Å². The van der Waals surface area contributed by atoms with E-state index in [4.69, 9.17) is 11.6 Å². The number of hydrogen-bond donors (Lipinski definition) is 1. The molecule has 0 aliphatic rings. The molecule has 4 heteroatoms. The Morgan fingerprint density at radius 1 is 1.16 bits per heavy atom. The summed E-state index contributed by atoms with van der Waals surface area (Å²) in [4.78, 5) is 0. The van der Waals surface area contributed by atoms with Crippen LogP contribution in [-0.2, 0) is 0 Å². The van der Waals surface area contributed by atoms with E-state index in [1.54, 1.807) is 6.07 Å². The Hall–Kier alpha value is -0.900. The highest BCUT2D eigenvalue weighted by molar-refractivity contribution is 9.10. The number of benzene rings is 2. The van der Waals surface area contributed by atoms with E-state index in [2.05, 4.69) is 15.9 Å². The molecule has 2 aromatic rings. The highest BCUT2D eigenvalue weighted by atomic mass is 79.9. The standard InChI is InChI=1S/C15H13BrClFO/c1-8-3-4-10(9(2)7-8)15(19)11-5-6-12(16)13(17)14(11)18/h3-7,15,19H,1-2H3. The van der Waals surface area contributed by atoms with Crippen molar-refractivity contribution in [1.29, 1.82) is 0 Å². The lowest BCUT2D eigenvalue weighted by Crippen LogP contribution is -2.05. The average Bonchev–Trinajstić information content (AvgIpc) is 2.35. The van der Waals surface area contributed by atoms with E-state index in [0.29, 0.717) is 10.0 Å². The van der Waals surface area contributed by atoms with E-state index in [0.717, 1.165) is 11.1 Å². The van der Waals surface area contributed by atoms with Crippen molar-refractivity contribution in [2.45, 2.75) is 20.0 Å². The first-order valence-electron chi connectivity index (χ1n) is 5.80. The van der Waals surface area contributed by atoms with E-state index in [1.807, 2.05) is 32.0 Å². The van der Waals surface area contributed by atoms with Crippen molar-refractivity contribution in [3.63, 3.8) is 0 Å². The van der Waals surface area contributed by atoms with Crippen molar-refractivity contribution < 1.29 is 9.50 Å². The lowest BCUT2D eigenvalue weighted by molar-refractivity contribution is 0.214. The van der Waals surface area contributed by atoms with Gasteiger partial charge in [0.15, 0.2) is 0 Å². The maximum atomic E-state index is 14.1. The van der Waals surface area contributed by atoms with Crippen LogP contribution in [-0.4, -0.2) is 5.11 Å². The minimum atomic E-state index is -1.02. The minimum Gasteiger partial charge on any atom is -0.384 e. The minimum absolute atomic E-state index is 0.0127. The molecule has 1 N–H and O–H groups in total. The zero-order chi connectivity index (χ0) is 14.2. The zero-order valence-corrected chi connectivity index (χ0v) is 12.9. The summed E-state index contributed by atoms with van der Waals surface area (Å²) in [7, 11) is 0. The highest BCUT2D eigenvalue weighted by Gasteiger charge is 2.19. The van der Waals surface area contributed by atoms with E-state index < -0.39 is 11.9 Å². The second-order valence-corrected chi connectivity index (χ2v) is 5.76. The SMILES string of the molecule is Cc1ccc(C(O)c2ccc(Br)c(Cl)c2F)c(C)c1. The molecule has 19 heavy (non-hydrogen) atoms. The molecule has 2 rings (SSSR count). The van der Waals surface area contributed by atoms with Crippen LogP contribution < -0.4 is 0 Å². The molecule has 0 bridgehead atoms. The van der Waals surface area contributed by atoms with Crippen molar-refractivity contribution >= 4 is 27.5 Å². The number of aliphatic hydroxyl groups excluding tert-OH is 1. The third-order valence-electron chi connectivity index (χ3n) is 3.08. The van der Waals surface area contributed by atoms with Crippen LogP contribution in [0.1, 0.15) is 28.4 Å². The van der Waals surface area contributed by atoms with Crippen LogP contribution in [0.4, 0.5) is 4.39 Å². The Balaban J connectivity index is 2.50. The van der Waals surface area contributed by atoms with Gasteiger partial charge in [0.25, 0.3) is 0 Å². The molecular weight excluding hydrogens is 331 g/mol. The molecule has 100 valence electrons. The number of hydrogen-bond acceptors (Lipinski definition) is 1. The lowest BCUT2D eigenvalue weighted by Gasteiger charge is -2.16. The smallest absolute Gasteiger partial charge is 0.149 e. The van der Waals surface area contributed by atoms with E-state index in [1.165, 1.54) is 6.07 Å². The summed E-state index contributed by atoms with van der Waals surface area (Å²) < 4.78 is 14.6. The monoisotopic (exact) mass is 342 g/mol. The maximum absolute atomic E-state index is 14.1. The van der Waals surface area contributed by atoms with Gasteiger partial charge in [-0.2, -0.15) is 0 Å². The first-order chi connectivity index (χ1) is 8.91. The third-order valence-corrected chi connectivity index (χ3v) is 4.34. The summed E-state index contributed by atoms with van der Waals surface area (Å²) in [5, 5.41) is 10.3. The fraction of sp³-hybridized carbons (Fsp3) is 0.200. The number of aryl methyl sites for hydroxylation is 2. The Morgan fingerprint density at radius 3 is 2.42 bits per heavy atom.